The second-order valence-electron chi connectivity index (χ2n) is 5.64. The fourth-order valence-corrected chi connectivity index (χ4v) is 3.05. The first-order valence-electron chi connectivity index (χ1n) is 7.56. The van der Waals surface area contributed by atoms with Gasteiger partial charge in [-0.15, -0.1) is 5.10 Å². The Kier molecular flexibility index (Phi) is 4.57. The van der Waals surface area contributed by atoms with E-state index in [2.05, 4.69) is 35.9 Å². The molecule has 3 N–H and O–H groups in total. The highest BCUT2D eigenvalue weighted by Gasteiger charge is 2.24. The topological polar surface area (TPSA) is 78.9 Å². The minimum absolute atomic E-state index is 0.111. The molecule has 1 fully saturated rings. The van der Waals surface area contributed by atoms with Crippen LogP contribution >= 0.6 is 0 Å². The zero-order chi connectivity index (χ0) is 14.7. The third-order valence-corrected chi connectivity index (χ3v) is 4.05. The van der Waals surface area contributed by atoms with Crippen molar-refractivity contribution >= 4 is 11.7 Å². The van der Waals surface area contributed by atoms with Crippen molar-refractivity contribution in [1.82, 2.24) is 10.2 Å². The van der Waals surface area contributed by atoms with Crippen molar-refractivity contribution in [1.29, 1.82) is 5.41 Å². The van der Waals surface area contributed by atoms with E-state index < -0.39 is 0 Å². The monoisotopic (exact) mass is 275 g/mol. The summed E-state index contributed by atoms with van der Waals surface area (Å²) in [6.07, 6.45) is 4.08. The summed E-state index contributed by atoms with van der Waals surface area (Å²) in [6.45, 7) is 8.37. The first-order chi connectivity index (χ1) is 9.58. The second kappa shape index (κ2) is 6.20. The molecule has 0 aliphatic carbocycles. The van der Waals surface area contributed by atoms with Gasteiger partial charge in [0.1, 0.15) is 5.84 Å². The molecule has 0 radical (unpaired) electrons. The van der Waals surface area contributed by atoms with Gasteiger partial charge >= 0.3 is 0 Å². The third kappa shape index (κ3) is 2.76. The largest absolute Gasteiger partial charge is 0.384 e. The minimum Gasteiger partial charge on any atom is -0.384 e. The summed E-state index contributed by atoms with van der Waals surface area (Å²) < 4.78 is 0. The van der Waals surface area contributed by atoms with Crippen LogP contribution in [-0.4, -0.2) is 29.1 Å². The van der Waals surface area contributed by atoms with Gasteiger partial charge in [-0.25, -0.2) is 0 Å². The van der Waals surface area contributed by atoms with E-state index in [-0.39, 0.29) is 5.84 Å². The smallest absolute Gasteiger partial charge is 0.162 e. The van der Waals surface area contributed by atoms with Gasteiger partial charge in [0.25, 0.3) is 0 Å². The van der Waals surface area contributed by atoms with Crippen molar-refractivity contribution < 1.29 is 0 Å². The van der Waals surface area contributed by atoms with Crippen LogP contribution in [0.15, 0.2) is 0 Å². The SMILES string of the molecule is CCc1nnc(N2CCCC(C)C2)c(C(=N)N)c1CC. The van der Waals surface area contributed by atoms with E-state index in [4.69, 9.17) is 11.1 Å². The predicted molar refractivity (Wildman–Crippen MR) is 82.4 cm³/mol. The van der Waals surface area contributed by atoms with Crippen LogP contribution in [0.5, 0.6) is 0 Å². The van der Waals surface area contributed by atoms with Gasteiger partial charge in [-0.1, -0.05) is 20.8 Å². The molecular formula is C15H25N5. The Bertz CT molecular complexity index is 497. The van der Waals surface area contributed by atoms with E-state index in [0.717, 1.165) is 55.0 Å². The van der Waals surface area contributed by atoms with E-state index in [0.29, 0.717) is 5.92 Å². The molecule has 1 aliphatic rings. The number of hydrogen-bond acceptors (Lipinski definition) is 4. The number of anilines is 1. The Morgan fingerprint density at radius 3 is 2.65 bits per heavy atom. The maximum Gasteiger partial charge on any atom is 0.162 e. The lowest BCUT2D eigenvalue weighted by Crippen LogP contribution is -2.37. The summed E-state index contributed by atoms with van der Waals surface area (Å²) in [6, 6.07) is 0. The molecule has 1 aromatic heterocycles. The lowest BCUT2D eigenvalue weighted by molar-refractivity contribution is 0.443. The van der Waals surface area contributed by atoms with Crippen LogP contribution in [0, 0.1) is 11.3 Å². The highest BCUT2D eigenvalue weighted by Crippen LogP contribution is 2.27. The predicted octanol–water partition coefficient (Wildman–Crippen LogP) is 2.12. The summed E-state index contributed by atoms with van der Waals surface area (Å²) in [7, 11) is 0. The molecular weight excluding hydrogens is 250 g/mol. The Morgan fingerprint density at radius 2 is 2.10 bits per heavy atom. The molecule has 1 aromatic rings. The van der Waals surface area contributed by atoms with E-state index in [9.17, 15) is 0 Å². The van der Waals surface area contributed by atoms with Crippen molar-refractivity contribution in [3.63, 3.8) is 0 Å². The molecule has 1 unspecified atom stereocenters. The first kappa shape index (κ1) is 14.8. The van der Waals surface area contributed by atoms with E-state index in [1.54, 1.807) is 0 Å². The van der Waals surface area contributed by atoms with Crippen LogP contribution in [0.2, 0.25) is 0 Å². The zero-order valence-electron chi connectivity index (χ0n) is 12.7. The average molecular weight is 275 g/mol. The molecule has 1 atom stereocenters. The summed E-state index contributed by atoms with van der Waals surface area (Å²) in [5.74, 6) is 1.57. The molecule has 0 saturated carbocycles. The molecule has 0 aromatic carbocycles. The van der Waals surface area contributed by atoms with Crippen LogP contribution in [0.25, 0.3) is 0 Å². The van der Waals surface area contributed by atoms with Crippen LogP contribution in [0.3, 0.4) is 0 Å². The number of nitrogens with two attached hydrogens (primary N) is 1. The summed E-state index contributed by atoms with van der Waals surface area (Å²) in [4.78, 5) is 2.25. The highest BCUT2D eigenvalue weighted by atomic mass is 15.3. The van der Waals surface area contributed by atoms with Gasteiger partial charge in [-0.2, -0.15) is 5.10 Å². The fraction of sp³-hybridized carbons (Fsp3) is 0.667. The number of nitrogens with zero attached hydrogens (tertiary/aromatic N) is 3. The van der Waals surface area contributed by atoms with Crippen molar-refractivity contribution in [2.24, 2.45) is 11.7 Å². The molecule has 0 bridgehead atoms. The minimum atomic E-state index is 0.111. The normalized spacial score (nSPS) is 19.1. The molecule has 5 nitrogen and oxygen atoms in total. The molecule has 0 amide bonds. The van der Waals surface area contributed by atoms with E-state index in [1.807, 2.05) is 0 Å². The Hall–Kier alpha value is -1.65. The Morgan fingerprint density at radius 1 is 1.35 bits per heavy atom. The van der Waals surface area contributed by atoms with Crippen molar-refractivity contribution in [2.75, 3.05) is 18.0 Å². The maximum absolute atomic E-state index is 7.94. The maximum atomic E-state index is 7.94. The van der Waals surface area contributed by atoms with Crippen molar-refractivity contribution in [2.45, 2.75) is 46.5 Å². The van der Waals surface area contributed by atoms with Crippen LogP contribution in [0.4, 0.5) is 5.82 Å². The Balaban J connectivity index is 2.49. The number of amidine groups is 1. The molecule has 2 heterocycles. The van der Waals surface area contributed by atoms with Crippen LogP contribution < -0.4 is 10.6 Å². The fourth-order valence-electron chi connectivity index (χ4n) is 3.05. The quantitative estimate of drug-likeness (QED) is 0.651. The van der Waals surface area contributed by atoms with Gasteiger partial charge in [-0.05, 0) is 37.2 Å². The molecule has 1 aliphatic heterocycles. The summed E-state index contributed by atoms with van der Waals surface area (Å²) >= 11 is 0. The number of nitrogen functional groups attached to an aromatic ring is 1. The van der Waals surface area contributed by atoms with Gasteiger partial charge in [0.2, 0.25) is 0 Å². The van der Waals surface area contributed by atoms with Gasteiger partial charge in [0.15, 0.2) is 5.82 Å². The summed E-state index contributed by atoms with van der Waals surface area (Å²) in [5, 5.41) is 16.7. The van der Waals surface area contributed by atoms with Gasteiger partial charge in [0.05, 0.1) is 11.3 Å². The lowest BCUT2D eigenvalue weighted by Gasteiger charge is -2.33. The van der Waals surface area contributed by atoms with E-state index in [1.165, 1.54) is 6.42 Å². The van der Waals surface area contributed by atoms with Crippen molar-refractivity contribution in [3.05, 3.63) is 16.8 Å². The first-order valence-corrected chi connectivity index (χ1v) is 7.56. The van der Waals surface area contributed by atoms with E-state index >= 15 is 0 Å². The number of hydrogen-bond donors (Lipinski definition) is 2. The standard InChI is InChI=1S/C15H25N5/c1-4-11-12(5-2)18-19-15(13(11)14(16)17)20-8-6-7-10(3)9-20/h10H,4-9H2,1-3H3,(H3,16,17). The lowest BCUT2D eigenvalue weighted by atomic mass is 9.97. The third-order valence-electron chi connectivity index (χ3n) is 4.05. The van der Waals surface area contributed by atoms with Crippen LogP contribution in [-0.2, 0) is 12.8 Å². The molecule has 0 spiro atoms. The number of aryl methyl sites for hydroxylation is 1. The van der Waals surface area contributed by atoms with Gasteiger partial charge in [-0.3, -0.25) is 5.41 Å². The number of rotatable bonds is 4. The number of aromatic nitrogens is 2. The second-order valence-corrected chi connectivity index (χ2v) is 5.64. The van der Waals surface area contributed by atoms with Crippen LogP contribution in [0.1, 0.15) is 50.4 Å². The number of piperidine rings is 1. The number of nitrogens with one attached hydrogen (secondary N) is 1. The van der Waals surface area contributed by atoms with Gasteiger partial charge < -0.3 is 10.6 Å². The van der Waals surface area contributed by atoms with Gasteiger partial charge in [0, 0.05) is 13.1 Å². The molecule has 20 heavy (non-hydrogen) atoms. The molecule has 5 heteroatoms. The summed E-state index contributed by atoms with van der Waals surface area (Å²) in [5.41, 5.74) is 8.69. The highest BCUT2D eigenvalue weighted by molar-refractivity contribution is 6.01. The molecule has 2 rings (SSSR count). The molecule has 1 saturated heterocycles. The Labute approximate surface area is 121 Å². The zero-order valence-corrected chi connectivity index (χ0v) is 12.7. The van der Waals surface area contributed by atoms with Crippen molar-refractivity contribution in [3.8, 4) is 0 Å². The average Bonchev–Trinajstić information content (AvgIpc) is 2.45. The molecule has 110 valence electrons.